The highest BCUT2D eigenvalue weighted by Gasteiger charge is 2.17. The van der Waals surface area contributed by atoms with Crippen molar-refractivity contribution in [3.05, 3.63) is 0 Å². The Morgan fingerprint density at radius 1 is 1.29 bits per heavy atom. The average Bonchev–Trinajstić information content (AvgIpc) is 2.41. The second kappa shape index (κ2) is 4.83. The Bertz CT molecular complexity index is 229. The Labute approximate surface area is 84.4 Å². The molecule has 14 heavy (non-hydrogen) atoms. The van der Waals surface area contributed by atoms with E-state index in [1.54, 1.807) is 0 Å². The molecule has 0 aromatic rings. The van der Waals surface area contributed by atoms with Gasteiger partial charge in [0.2, 0.25) is 5.91 Å². The van der Waals surface area contributed by atoms with Crippen molar-refractivity contribution in [3.8, 4) is 0 Å². The predicted octanol–water partition coefficient (Wildman–Crippen LogP) is -0.176. The van der Waals surface area contributed by atoms with Crippen LogP contribution in [0.5, 0.6) is 0 Å². The van der Waals surface area contributed by atoms with Gasteiger partial charge in [0.25, 0.3) is 0 Å². The minimum atomic E-state index is 0.107. The van der Waals surface area contributed by atoms with Gasteiger partial charge in [-0.15, -0.1) is 0 Å². The maximum absolute atomic E-state index is 11.4. The highest BCUT2D eigenvalue weighted by Crippen LogP contribution is 2.03. The van der Waals surface area contributed by atoms with Gasteiger partial charge in [-0.25, -0.2) is 0 Å². The van der Waals surface area contributed by atoms with Gasteiger partial charge in [0.15, 0.2) is 5.96 Å². The molecule has 3 N–H and O–H groups in total. The molecule has 0 aliphatic carbocycles. The molecule has 1 aliphatic heterocycles. The van der Waals surface area contributed by atoms with Crippen molar-refractivity contribution in [2.24, 2.45) is 5.73 Å². The number of nitrogens with two attached hydrogens (primary N) is 1. The zero-order valence-corrected chi connectivity index (χ0v) is 8.62. The smallest absolute Gasteiger partial charge is 0.222 e. The molecule has 1 saturated heterocycles. The Morgan fingerprint density at radius 2 is 1.86 bits per heavy atom. The molecular formula is C9H18N4O. The second-order valence-corrected chi connectivity index (χ2v) is 3.46. The molecule has 0 atom stereocenters. The molecule has 0 radical (unpaired) electrons. The molecule has 80 valence electrons. The van der Waals surface area contributed by atoms with Crippen molar-refractivity contribution >= 4 is 11.9 Å². The van der Waals surface area contributed by atoms with Crippen LogP contribution in [0, 0.1) is 5.41 Å². The number of amides is 1. The normalized spacial score (nSPS) is 17.8. The first-order chi connectivity index (χ1) is 6.65. The molecule has 1 amide bonds. The van der Waals surface area contributed by atoms with E-state index >= 15 is 0 Å². The lowest BCUT2D eigenvalue weighted by molar-refractivity contribution is -0.130. The first-order valence-electron chi connectivity index (χ1n) is 5.02. The van der Waals surface area contributed by atoms with Crippen LogP contribution in [0.2, 0.25) is 0 Å². The number of hydrogen-bond donors (Lipinski definition) is 2. The van der Waals surface area contributed by atoms with Crippen molar-refractivity contribution in [1.29, 1.82) is 5.41 Å². The molecule has 0 aromatic carbocycles. The third-order valence-electron chi connectivity index (χ3n) is 2.49. The summed E-state index contributed by atoms with van der Waals surface area (Å²) >= 11 is 0. The van der Waals surface area contributed by atoms with Gasteiger partial charge >= 0.3 is 0 Å². The summed E-state index contributed by atoms with van der Waals surface area (Å²) < 4.78 is 0. The Morgan fingerprint density at radius 3 is 2.43 bits per heavy atom. The van der Waals surface area contributed by atoms with Crippen LogP contribution in [0.3, 0.4) is 0 Å². The predicted molar refractivity (Wildman–Crippen MR) is 55.0 cm³/mol. The molecule has 1 aliphatic rings. The molecule has 0 aromatic heterocycles. The fourth-order valence-corrected chi connectivity index (χ4v) is 1.63. The number of nitrogens with one attached hydrogen (secondary N) is 1. The summed E-state index contributed by atoms with van der Waals surface area (Å²) in [6.45, 7) is 4.81. The molecule has 5 heteroatoms. The van der Waals surface area contributed by atoms with E-state index < -0.39 is 0 Å². The van der Waals surface area contributed by atoms with Gasteiger partial charge in [0.05, 0.1) is 0 Å². The summed E-state index contributed by atoms with van der Waals surface area (Å²) in [4.78, 5) is 15.1. The number of hydrogen-bond acceptors (Lipinski definition) is 2. The zero-order chi connectivity index (χ0) is 10.6. The van der Waals surface area contributed by atoms with E-state index in [0.29, 0.717) is 19.5 Å². The lowest BCUT2D eigenvalue weighted by Crippen LogP contribution is -2.40. The van der Waals surface area contributed by atoms with Crippen LogP contribution in [0.25, 0.3) is 0 Å². The number of guanidine groups is 1. The van der Waals surface area contributed by atoms with Gasteiger partial charge in [-0.2, -0.15) is 0 Å². The quantitative estimate of drug-likeness (QED) is 0.453. The molecule has 1 heterocycles. The molecule has 0 saturated carbocycles. The fraction of sp³-hybridized carbons (Fsp3) is 0.778. The van der Waals surface area contributed by atoms with Gasteiger partial charge in [-0.05, 0) is 6.42 Å². The molecule has 0 unspecified atom stereocenters. The van der Waals surface area contributed by atoms with E-state index in [0.717, 1.165) is 19.5 Å². The van der Waals surface area contributed by atoms with E-state index in [4.69, 9.17) is 11.1 Å². The van der Waals surface area contributed by atoms with Gasteiger partial charge in [0.1, 0.15) is 0 Å². The maximum Gasteiger partial charge on any atom is 0.222 e. The van der Waals surface area contributed by atoms with E-state index in [1.807, 2.05) is 16.7 Å². The van der Waals surface area contributed by atoms with Crippen molar-refractivity contribution in [2.75, 3.05) is 26.2 Å². The summed E-state index contributed by atoms with van der Waals surface area (Å²) in [5.74, 6) is 0.297. The summed E-state index contributed by atoms with van der Waals surface area (Å²) in [5, 5.41) is 7.30. The summed E-state index contributed by atoms with van der Waals surface area (Å²) in [6.07, 6.45) is 1.45. The van der Waals surface area contributed by atoms with Crippen LogP contribution < -0.4 is 5.73 Å². The number of carbonyl (C=O) groups excluding carboxylic acids is 1. The van der Waals surface area contributed by atoms with E-state index in [2.05, 4.69) is 0 Å². The highest BCUT2D eigenvalue weighted by atomic mass is 16.2. The van der Waals surface area contributed by atoms with Crippen molar-refractivity contribution < 1.29 is 4.79 Å². The average molecular weight is 198 g/mol. The minimum Gasteiger partial charge on any atom is -0.370 e. The number of rotatable bonds is 1. The third kappa shape index (κ3) is 2.61. The fourth-order valence-electron chi connectivity index (χ4n) is 1.63. The first kappa shape index (κ1) is 10.8. The Balaban J connectivity index is 2.48. The molecule has 1 fully saturated rings. The largest absolute Gasteiger partial charge is 0.370 e. The monoisotopic (exact) mass is 198 g/mol. The SMILES string of the molecule is CCC(=O)N1CCCN(C(=N)N)CC1. The summed E-state index contributed by atoms with van der Waals surface area (Å²) in [5.41, 5.74) is 5.40. The van der Waals surface area contributed by atoms with Crippen LogP contribution in [-0.2, 0) is 4.79 Å². The molecule has 0 bridgehead atoms. The van der Waals surface area contributed by atoms with Crippen LogP contribution >= 0.6 is 0 Å². The van der Waals surface area contributed by atoms with Gasteiger partial charge in [-0.1, -0.05) is 6.92 Å². The second-order valence-electron chi connectivity index (χ2n) is 3.46. The van der Waals surface area contributed by atoms with Crippen LogP contribution in [0.4, 0.5) is 0 Å². The third-order valence-corrected chi connectivity index (χ3v) is 2.49. The maximum atomic E-state index is 11.4. The van der Waals surface area contributed by atoms with Crippen LogP contribution in [0.15, 0.2) is 0 Å². The van der Waals surface area contributed by atoms with Crippen molar-refractivity contribution in [1.82, 2.24) is 9.80 Å². The molecule has 5 nitrogen and oxygen atoms in total. The van der Waals surface area contributed by atoms with Crippen molar-refractivity contribution in [2.45, 2.75) is 19.8 Å². The lowest BCUT2D eigenvalue weighted by Gasteiger charge is -2.21. The Hall–Kier alpha value is -1.26. The summed E-state index contributed by atoms with van der Waals surface area (Å²) in [6, 6.07) is 0. The van der Waals surface area contributed by atoms with E-state index in [1.165, 1.54) is 0 Å². The highest BCUT2D eigenvalue weighted by molar-refractivity contribution is 5.76. The van der Waals surface area contributed by atoms with Gasteiger partial charge < -0.3 is 15.5 Å². The van der Waals surface area contributed by atoms with Crippen molar-refractivity contribution in [3.63, 3.8) is 0 Å². The number of carbonyl (C=O) groups is 1. The minimum absolute atomic E-state index is 0.107. The topological polar surface area (TPSA) is 73.4 Å². The van der Waals surface area contributed by atoms with E-state index in [-0.39, 0.29) is 11.9 Å². The molecule has 0 spiro atoms. The molecule has 1 rings (SSSR count). The Kier molecular flexibility index (Phi) is 3.73. The zero-order valence-electron chi connectivity index (χ0n) is 8.62. The van der Waals surface area contributed by atoms with Gasteiger partial charge in [0, 0.05) is 32.6 Å². The van der Waals surface area contributed by atoms with Crippen LogP contribution in [-0.4, -0.2) is 47.8 Å². The lowest BCUT2D eigenvalue weighted by atomic mass is 10.3. The van der Waals surface area contributed by atoms with E-state index in [9.17, 15) is 4.79 Å². The number of nitrogens with zero attached hydrogens (tertiary/aromatic N) is 2. The van der Waals surface area contributed by atoms with Crippen LogP contribution in [0.1, 0.15) is 19.8 Å². The summed E-state index contributed by atoms with van der Waals surface area (Å²) in [7, 11) is 0. The first-order valence-corrected chi connectivity index (χ1v) is 5.02. The molecular weight excluding hydrogens is 180 g/mol. The van der Waals surface area contributed by atoms with Gasteiger partial charge in [-0.3, -0.25) is 10.2 Å². The standard InChI is InChI=1S/C9H18N4O/c1-2-8(14)12-4-3-5-13(7-6-12)9(10)11/h2-7H2,1H3,(H3,10,11).